The maximum absolute atomic E-state index is 13.1. The third kappa shape index (κ3) is 2.42. The first-order chi connectivity index (χ1) is 7.88. The van der Waals surface area contributed by atoms with Crippen LogP contribution in [0.1, 0.15) is 5.56 Å². The van der Waals surface area contributed by atoms with Crippen molar-refractivity contribution in [2.75, 3.05) is 0 Å². The first-order valence-electron chi connectivity index (χ1n) is 4.06. The van der Waals surface area contributed by atoms with E-state index in [1.807, 2.05) is 0 Å². The zero-order valence-corrected chi connectivity index (χ0v) is 7.97. The summed E-state index contributed by atoms with van der Waals surface area (Å²) in [7, 11) is 0. The topological polar surface area (TPSA) is 61.1 Å². The van der Waals surface area contributed by atoms with E-state index >= 15 is 0 Å². The fraction of sp³-hybridized carbons (Fsp3) is 0. The SMILES string of the molecule is N#C/C(=C\c1c(F)c(F)cc(F)c1F)C(=O)O. The molecule has 0 aromatic heterocycles. The van der Waals surface area contributed by atoms with Gasteiger partial charge >= 0.3 is 5.97 Å². The Bertz CT molecular complexity index is 534. The normalized spacial score (nSPS) is 11.1. The lowest BCUT2D eigenvalue weighted by molar-refractivity contribution is -0.132. The summed E-state index contributed by atoms with van der Waals surface area (Å²) < 4.78 is 51.6. The molecular formula is C10H3F4NO2. The number of aliphatic carboxylic acids is 1. The molecule has 0 bridgehead atoms. The van der Waals surface area contributed by atoms with Crippen molar-refractivity contribution in [3.05, 3.63) is 40.5 Å². The van der Waals surface area contributed by atoms with Crippen molar-refractivity contribution >= 4 is 12.0 Å². The van der Waals surface area contributed by atoms with Crippen molar-refractivity contribution < 1.29 is 27.5 Å². The standard InChI is InChI=1S/C10H3F4NO2/c11-6-2-7(12)9(14)5(8(6)13)1-4(3-15)10(16)17/h1-2H,(H,16,17)/b4-1+. The number of rotatable bonds is 2. The predicted octanol–water partition coefficient (Wildman–Crippen LogP) is 2.23. The van der Waals surface area contributed by atoms with Gasteiger partial charge in [-0.1, -0.05) is 0 Å². The highest BCUT2D eigenvalue weighted by Crippen LogP contribution is 2.21. The average Bonchev–Trinajstić information content (AvgIpc) is 2.26. The molecule has 3 nitrogen and oxygen atoms in total. The number of hydrogen-bond donors (Lipinski definition) is 1. The molecule has 1 aromatic rings. The molecule has 0 aliphatic rings. The second kappa shape index (κ2) is 4.65. The van der Waals surface area contributed by atoms with Gasteiger partial charge in [-0.05, 0) is 6.08 Å². The number of hydrogen-bond acceptors (Lipinski definition) is 2. The second-order valence-corrected chi connectivity index (χ2v) is 2.86. The van der Waals surface area contributed by atoms with Gasteiger partial charge < -0.3 is 5.11 Å². The molecule has 1 aromatic carbocycles. The fourth-order valence-electron chi connectivity index (χ4n) is 1.00. The van der Waals surface area contributed by atoms with Crippen LogP contribution in [0.5, 0.6) is 0 Å². The maximum atomic E-state index is 13.1. The average molecular weight is 245 g/mol. The predicted molar refractivity (Wildman–Crippen MR) is 47.5 cm³/mol. The van der Waals surface area contributed by atoms with Crippen LogP contribution >= 0.6 is 0 Å². The van der Waals surface area contributed by atoms with Crippen molar-refractivity contribution in [3.8, 4) is 6.07 Å². The lowest BCUT2D eigenvalue weighted by atomic mass is 10.1. The van der Waals surface area contributed by atoms with Crippen LogP contribution in [-0.4, -0.2) is 11.1 Å². The molecule has 0 aliphatic heterocycles. The largest absolute Gasteiger partial charge is 0.477 e. The maximum Gasteiger partial charge on any atom is 0.346 e. The van der Waals surface area contributed by atoms with Gasteiger partial charge in [0, 0.05) is 6.07 Å². The third-order valence-corrected chi connectivity index (χ3v) is 1.79. The summed E-state index contributed by atoms with van der Waals surface area (Å²) in [5, 5.41) is 16.8. The summed E-state index contributed by atoms with van der Waals surface area (Å²) in [6.45, 7) is 0. The lowest BCUT2D eigenvalue weighted by Gasteiger charge is -2.02. The number of nitriles is 1. The molecule has 0 spiro atoms. The molecule has 88 valence electrons. The van der Waals surface area contributed by atoms with Gasteiger partial charge in [0.05, 0.1) is 5.56 Å². The number of nitrogens with zero attached hydrogens (tertiary/aromatic N) is 1. The van der Waals surface area contributed by atoms with Gasteiger partial charge in [-0.3, -0.25) is 0 Å². The van der Waals surface area contributed by atoms with Crippen LogP contribution < -0.4 is 0 Å². The van der Waals surface area contributed by atoms with Crippen LogP contribution in [0, 0.1) is 34.6 Å². The van der Waals surface area contributed by atoms with Crippen LogP contribution in [0.3, 0.4) is 0 Å². The molecule has 7 heteroatoms. The molecule has 0 radical (unpaired) electrons. The van der Waals surface area contributed by atoms with Gasteiger partial charge in [0.15, 0.2) is 23.3 Å². The number of carboxylic acids is 1. The van der Waals surface area contributed by atoms with E-state index in [0.717, 1.165) is 6.07 Å². The Balaban J connectivity index is 3.53. The summed E-state index contributed by atoms with van der Waals surface area (Å²) in [5.41, 5.74) is -2.30. The highest BCUT2D eigenvalue weighted by atomic mass is 19.2. The van der Waals surface area contributed by atoms with E-state index in [0.29, 0.717) is 0 Å². The Morgan fingerprint density at radius 3 is 2.06 bits per heavy atom. The summed E-state index contributed by atoms with van der Waals surface area (Å²) in [4.78, 5) is 10.4. The Morgan fingerprint density at radius 1 is 1.24 bits per heavy atom. The van der Waals surface area contributed by atoms with Crippen LogP contribution in [-0.2, 0) is 4.79 Å². The van der Waals surface area contributed by atoms with Gasteiger partial charge in [-0.25, -0.2) is 22.4 Å². The summed E-state index contributed by atoms with van der Waals surface area (Å²) in [6, 6.07) is 1.11. The van der Waals surface area contributed by atoms with E-state index in [1.54, 1.807) is 0 Å². The van der Waals surface area contributed by atoms with Crippen molar-refractivity contribution in [2.45, 2.75) is 0 Å². The molecule has 0 saturated carbocycles. The second-order valence-electron chi connectivity index (χ2n) is 2.86. The molecule has 0 saturated heterocycles. The Hall–Kier alpha value is -2.36. The fourth-order valence-corrected chi connectivity index (χ4v) is 1.00. The summed E-state index contributed by atoms with van der Waals surface area (Å²) >= 11 is 0. The molecule has 17 heavy (non-hydrogen) atoms. The molecule has 0 unspecified atom stereocenters. The summed E-state index contributed by atoms with van der Waals surface area (Å²) in [5.74, 6) is -8.66. The van der Waals surface area contributed by atoms with Crippen LogP contribution in [0.4, 0.5) is 17.6 Å². The van der Waals surface area contributed by atoms with Crippen molar-refractivity contribution in [1.29, 1.82) is 5.26 Å². The van der Waals surface area contributed by atoms with Crippen LogP contribution in [0.2, 0.25) is 0 Å². The highest BCUT2D eigenvalue weighted by Gasteiger charge is 2.19. The summed E-state index contributed by atoms with van der Waals surface area (Å²) in [6.07, 6.45) is 0.221. The monoisotopic (exact) mass is 245 g/mol. The zero-order valence-electron chi connectivity index (χ0n) is 7.97. The molecule has 0 amide bonds. The van der Waals surface area contributed by atoms with E-state index in [2.05, 4.69) is 0 Å². The zero-order chi connectivity index (χ0) is 13.2. The quantitative estimate of drug-likeness (QED) is 0.376. The molecule has 0 atom stereocenters. The first-order valence-corrected chi connectivity index (χ1v) is 4.06. The molecule has 1 rings (SSSR count). The lowest BCUT2D eigenvalue weighted by Crippen LogP contribution is -2.02. The van der Waals surface area contributed by atoms with Gasteiger partial charge in [-0.15, -0.1) is 0 Å². The van der Waals surface area contributed by atoms with Crippen LogP contribution in [0.25, 0.3) is 6.08 Å². The number of carbonyl (C=O) groups is 1. The highest BCUT2D eigenvalue weighted by molar-refractivity contribution is 5.96. The molecule has 0 fully saturated rings. The van der Waals surface area contributed by atoms with Gasteiger partial charge in [-0.2, -0.15) is 5.26 Å². The smallest absolute Gasteiger partial charge is 0.346 e. The Labute approximate surface area is 92.2 Å². The van der Waals surface area contributed by atoms with Gasteiger partial charge in [0.2, 0.25) is 0 Å². The van der Waals surface area contributed by atoms with E-state index in [1.165, 1.54) is 0 Å². The molecule has 0 heterocycles. The minimum Gasteiger partial charge on any atom is -0.477 e. The van der Waals surface area contributed by atoms with Crippen LogP contribution in [0.15, 0.2) is 11.6 Å². The minimum absolute atomic E-state index is 0.0190. The molecular weight excluding hydrogens is 242 g/mol. The molecule has 0 aliphatic carbocycles. The van der Waals surface area contributed by atoms with E-state index in [9.17, 15) is 22.4 Å². The third-order valence-electron chi connectivity index (χ3n) is 1.79. The van der Waals surface area contributed by atoms with Gasteiger partial charge in [0.25, 0.3) is 0 Å². The van der Waals surface area contributed by atoms with E-state index in [4.69, 9.17) is 10.4 Å². The first kappa shape index (κ1) is 12.7. The van der Waals surface area contributed by atoms with Crippen molar-refractivity contribution in [2.24, 2.45) is 0 Å². The number of benzene rings is 1. The van der Waals surface area contributed by atoms with Crippen molar-refractivity contribution in [1.82, 2.24) is 0 Å². The van der Waals surface area contributed by atoms with Crippen molar-refractivity contribution in [3.63, 3.8) is 0 Å². The Kier molecular flexibility index (Phi) is 3.48. The number of carboxylic acid groups (broad SMARTS) is 1. The number of halogens is 4. The van der Waals surface area contributed by atoms with E-state index < -0.39 is 40.4 Å². The molecule has 1 N–H and O–H groups in total. The Morgan fingerprint density at radius 2 is 1.71 bits per heavy atom. The van der Waals surface area contributed by atoms with Gasteiger partial charge in [0.1, 0.15) is 11.6 Å². The van der Waals surface area contributed by atoms with E-state index in [-0.39, 0.29) is 12.1 Å². The minimum atomic E-state index is -1.77.